The maximum atomic E-state index is 13.7. The van der Waals surface area contributed by atoms with Gasteiger partial charge in [0, 0.05) is 19.5 Å². The molecule has 2 aromatic carbocycles. The van der Waals surface area contributed by atoms with Gasteiger partial charge in [0.15, 0.2) is 0 Å². The largest absolute Gasteiger partial charge is 0.508 e. The Morgan fingerprint density at radius 3 is 2.35 bits per heavy atom. The Morgan fingerprint density at radius 2 is 1.65 bits per heavy atom. The molecule has 5 amide bonds. The Kier molecular flexibility index (Phi) is 13.2. The van der Waals surface area contributed by atoms with Crippen LogP contribution in [0.15, 0.2) is 48.5 Å². The summed E-state index contributed by atoms with van der Waals surface area (Å²) in [5, 5.41) is 23.7. The van der Waals surface area contributed by atoms with E-state index in [9.17, 15) is 29.1 Å². The summed E-state index contributed by atoms with van der Waals surface area (Å²) >= 11 is 0. The summed E-state index contributed by atoms with van der Waals surface area (Å²) in [4.78, 5) is 69.9. The number of phenols is 1. The fourth-order valence-corrected chi connectivity index (χ4v) is 5.76. The maximum absolute atomic E-state index is 13.7. The third-order valence-electron chi connectivity index (χ3n) is 8.47. The summed E-state index contributed by atoms with van der Waals surface area (Å²) in [6.45, 7) is 8.26. The Morgan fingerprint density at radius 1 is 0.938 bits per heavy atom. The molecule has 4 atom stereocenters. The molecule has 0 spiro atoms. The molecule has 2 heterocycles. The second-order valence-electron chi connectivity index (χ2n) is 12.9. The van der Waals surface area contributed by atoms with Crippen molar-refractivity contribution < 1.29 is 33.8 Å². The third kappa shape index (κ3) is 10.7. The number of ether oxygens (including phenoxy) is 1. The first kappa shape index (κ1) is 36.2. The molecule has 13 heteroatoms. The molecule has 2 aromatic rings. The molecule has 0 saturated carbocycles. The van der Waals surface area contributed by atoms with Crippen LogP contribution in [0.4, 0.5) is 0 Å². The minimum absolute atomic E-state index is 0.0265. The molecule has 0 bridgehead atoms. The van der Waals surface area contributed by atoms with Crippen LogP contribution in [0.2, 0.25) is 0 Å². The second kappa shape index (κ2) is 17.5. The van der Waals surface area contributed by atoms with E-state index in [4.69, 9.17) is 4.74 Å². The maximum Gasteiger partial charge on any atom is 0.255 e. The number of carbonyl (C=O) groups excluding carboxylic acids is 5. The number of benzene rings is 2. The van der Waals surface area contributed by atoms with Crippen molar-refractivity contribution in [3.8, 4) is 11.5 Å². The Bertz CT molecular complexity index is 1430. The predicted molar refractivity (Wildman–Crippen MR) is 179 cm³/mol. The molecular formula is C35H48N6O7. The van der Waals surface area contributed by atoms with Crippen molar-refractivity contribution in [2.24, 2.45) is 5.92 Å². The summed E-state index contributed by atoms with van der Waals surface area (Å²) in [6.07, 6.45) is 2.99. The fourth-order valence-electron chi connectivity index (χ4n) is 5.76. The average Bonchev–Trinajstić information content (AvgIpc) is 3.06. The van der Waals surface area contributed by atoms with Crippen LogP contribution in [-0.2, 0) is 25.6 Å². The predicted octanol–water partition coefficient (Wildman–Crippen LogP) is 1.25. The summed E-state index contributed by atoms with van der Waals surface area (Å²) in [6, 6.07) is 8.92. The number of likely N-dealkylation sites (tertiary alicyclic amines) is 1. The van der Waals surface area contributed by atoms with Gasteiger partial charge in [0.1, 0.15) is 36.2 Å². The lowest BCUT2D eigenvalue weighted by Gasteiger charge is -2.27. The molecule has 1 fully saturated rings. The number of nitrogens with one attached hydrogen (secondary N) is 5. The van der Waals surface area contributed by atoms with E-state index in [1.807, 2.05) is 0 Å². The number of fused-ring (bicyclic) bond motifs is 1. The van der Waals surface area contributed by atoms with E-state index < -0.39 is 60.1 Å². The zero-order valence-corrected chi connectivity index (χ0v) is 27.9. The quantitative estimate of drug-likeness (QED) is 0.256. The van der Waals surface area contributed by atoms with Gasteiger partial charge in [-0.05, 0) is 68.6 Å². The van der Waals surface area contributed by atoms with E-state index >= 15 is 0 Å². The van der Waals surface area contributed by atoms with Crippen LogP contribution in [0.3, 0.4) is 0 Å². The van der Waals surface area contributed by atoms with Gasteiger partial charge >= 0.3 is 0 Å². The first-order chi connectivity index (χ1) is 23.0. The molecule has 4 rings (SSSR count). The highest BCUT2D eigenvalue weighted by atomic mass is 16.5. The number of hydrogen-bond acceptors (Lipinski definition) is 8. The number of carbonyl (C=O) groups is 5. The van der Waals surface area contributed by atoms with Crippen molar-refractivity contribution in [2.75, 3.05) is 32.8 Å². The average molecular weight is 665 g/mol. The van der Waals surface area contributed by atoms with Gasteiger partial charge in [-0.25, -0.2) is 0 Å². The van der Waals surface area contributed by atoms with E-state index in [0.717, 1.165) is 25.9 Å². The Balaban J connectivity index is 1.62. The van der Waals surface area contributed by atoms with E-state index in [0.29, 0.717) is 18.7 Å². The summed E-state index contributed by atoms with van der Waals surface area (Å²) in [7, 11) is 0. The van der Waals surface area contributed by atoms with Gasteiger partial charge in [0.05, 0.1) is 18.0 Å². The van der Waals surface area contributed by atoms with Crippen LogP contribution in [0.5, 0.6) is 11.5 Å². The smallest absolute Gasteiger partial charge is 0.255 e. The first-order valence-corrected chi connectivity index (χ1v) is 16.7. The molecule has 0 unspecified atom stereocenters. The molecule has 0 aromatic heterocycles. The molecule has 6 N–H and O–H groups in total. The van der Waals surface area contributed by atoms with Gasteiger partial charge in [-0.15, -0.1) is 0 Å². The summed E-state index contributed by atoms with van der Waals surface area (Å²) in [5.41, 5.74) is 0.807. The van der Waals surface area contributed by atoms with Crippen LogP contribution in [0.1, 0.15) is 62.4 Å². The van der Waals surface area contributed by atoms with Crippen molar-refractivity contribution >= 4 is 29.5 Å². The molecule has 48 heavy (non-hydrogen) atoms. The number of hydrogen-bond donors (Lipinski definition) is 6. The number of piperidine rings is 1. The first-order valence-electron chi connectivity index (χ1n) is 16.7. The SMILES string of the molecule is CC(C)[C@H]1NC(=O)[C@H](Cc2ccc(O)cc2)NC(=O)C[C@@H](C(=O)NCCN2CCCCC2)NC(=O)c2ccccc2OC[C@H](C)NC1=O. The number of amides is 5. The monoisotopic (exact) mass is 664 g/mol. The molecule has 2 aliphatic rings. The summed E-state index contributed by atoms with van der Waals surface area (Å²) < 4.78 is 5.94. The van der Waals surface area contributed by atoms with Crippen molar-refractivity contribution in [2.45, 2.75) is 77.0 Å². The standard InChI is InChI=1S/C35H48N6O7/c1-22(2)31-35(47)37-23(3)21-48-29-10-6-5-9-26(29)32(44)39-28(33(45)36-15-18-41-16-7-4-8-17-41)20-30(43)38-27(34(46)40-31)19-24-11-13-25(42)14-12-24/h5-6,9-14,22-23,27-28,31,42H,4,7-8,15-21H2,1-3H3,(H,36,45)(H,37,47)(H,38,43)(H,39,44)(H,40,46)/t23-,27-,28-,31+/m0/s1. The molecule has 0 radical (unpaired) electrons. The van der Waals surface area contributed by atoms with Crippen LogP contribution in [0, 0.1) is 5.92 Å². The van der Waals surface area contributed by atoms with E-state index in [1.165, 1.54) is 18.6 Å². The van der Waals surface area contributed by atoms with Gasteiger partial charge in [-0.3, -0.25) is 24.0 Å². The van der Waals surface area contributed by atoms with Gasteiger partial charge in [-0.1, -0.05) is 44.5 Å². The molecule has 2 aliphatic heterocycles. The number of phenolic OH excluding ortho intramolecular Hbond substituents is 1. The lowest BCUT2D eigenvalue weighted by atomic mass is 10.0. The molecule has 0 aliphatic carbocycles. The number of aromatic hydroxyl groups is 1. The van der Waals surface area contributed by atoms with Crippen LogP contribution in [0.25, 0.3) is 0 Å². The van der Waals surface area contributed by atoms with E-state index in [2.05, 4.69) is 31.5 Å². The highest BCUT2D eigenvalue weighted by molar-refractivity contribution is 6.01. The van der Waals surface area contributed by atoms with Crippen molar-refractivity contribution in [3.63, 3.8) is 0 Å². The number of rotatable bonds is 7. The highest BCUT2D eigenvalue weighted by Crippen LogP contribution is 2.19. The normalized spacial score (nSPS) is 23.4. The highest BCUT2D eigenvalue weighted by Gasteiger charge is 2.32. The minimum atomic E-state index is -1.26. The van der Waals surface area contributed by atoms with Crippen LogP contribution in [-0.4, -0.2) is 96.5 Å². The zero-order chi connectivity index (χ0) is 34.6. The lowest BCUT2D eigenvalue weighted by Crippen LogP contribution is -2.57. The third-order valence-corrected chi connectivity index (χ3v) is 8.47. The molecule has 13 nitrogen and oxygen atoms in total. The fraction of sp³-hybridized carbons (Fsp3) is 0.514. The van der Waals surface area contributed by atoms with E-state index in [1.54, 1.807) is 57.2 Å². The molecule has 260 valence electrons. The second-order valence-corrected chi connectivity index (χ2v) is 12.9. The Labute approximate surface area is 281 Å². The molecular weight excluding hydrogens is 616 g/mol. The number of para-hydroxylation sites is 1. The van der Waals surface area contributed by atoms with Crippen molar-refractivity contribution in [1.29, 1.82) is 0 Å². The number of nitrogens with zero attached hydrogens (tertiary/aromatic N) is 1. The van der Waals surface area contributed by atoms with E-state index in [-0.39, 0.29) is 36.0 Å². The van der Waals surface area contributed by atoms with Crippen molar-refractivity contribution in [1.82, 2.24) is 31.5 Å². The lowest BCUT2D eigenvalue weighted by molar-refractivity contribution is -0.133. The van der Waals surface area contributed by atoms with Crippen LogP contribution >= 0.6 is 0 Å². The van der Waals surface area contributed by atoms with Gasteiger partial charge < -0.3 is 41.3 Å². The summed E-state index contributed by atoms with van der Waals surface area (Å²) in [5.74, 6) is -2.84. The van der Waals surface area contributed by atoms with Crippen LogP contribution < -0.4 is 31.3 Å². The zero-order valence-electron chi connectivity index (χ0n) is 27.9. The molecule has 1 saturated heterocycles. The van der Waals surface area contributed by atoms with Gasteiger partial charge in [0.25, 0.3) is 5.91 Å². The minimum Gasteiger partial charge on any atom is -0.508 e. The Hall–Kier alpha value is -4.65. The topological polar surface area (TPSA) is 178 Å². The van der Waals surface area contributed by atoms with Gasteiger partial charge in [-0.2, -0.15) is 0 Å². The van der Waals surface area contributed by atoms with Crippen molar-refractivity contribution in [3.05, 3.63) is 59.7 Å². The van der Waals surface area contributed by atoms with Gasteiger partial charge in [0.2, 0.25) is 23.6 Å².